The lowest BCUT2D eigenvalue weighted by Gasteiger charge is -2.25. The Labute approximate surface area is 185 Å². The highest BCUT2D eigenvalue weighted by molar-refractivity contribution is 14.0. The fourth-order valence-corrected chi connectivity index (χ4v) is 3.22. The Morgan fingerprint density at radius 1 is 1.36 bits per heavy atom. The molecule has 0 bridgehead atoms. The normalized spacial score (nSPS) is 17.3. The lowest BCUT2D eigenvalue weighted by atomic mass is 10.2. The molecule has 1 unspecified atom stereocenters. The van der Waals surface area contributed by atoms with Crippen molar-refractivity contribution in [2.45, 2.75) is 45.3 Å². The molecule has 1 amide bonds. The number of nitrogens with one attached hydrogen (secondary N) is 1. The highest BCUT2D eigenvalue weighted by Gasteiger charge is 2.30. The number of likely N-dealkylation sites (N-methyl/N-ethyl adjacent to an activating group) is 1. The first-order valence-corrected chi connectivity index (χ1v) is 9.65. The number of anilines is 1. The minimum absolute atomic E-state index is 0. The second kappa shape index (κ2) is 12.1. The van der Waals surface area contributed by atoms with Gasteiger partial charge in [-0.2, -0.15) is 0 Å². The lowest BCUT2D eigenvalue weighted by molar-refractivity contribution is -0.133. The summed E-state index contributed by atoms with van der Waals surface area (Å²) in [5.74, 6) is 1.43. The van der Waals surface area contributed by atoms with Gasteiger partial charge >= 0.3 is 0 Å². The van der Waals surface area contributed by atoms with Gasteiger partial charge in [-0.05, 0) is 63.9 Å². The number of carbonyl (C=O) groups is 1. The highest BCUT2D eigenvalue weighted by Crippen LogP contribution is 2.19. The third-order valence-electron chi connectivity index (χ3n) is 4.47. The number of hydrogen-bond acceptors (Lipinski definition) is 4. The Morgan fingerprint density at radius 3 is 2.64 bits per heavy atom. The number of guanidine groups is 1. The van der Waals surface area contributed by atoms with Crippen LogP contribution in [0.2, 0.25) is 0 Å². The van der Waals surface area contributed by atoms with Gasteiger partial charge in [-0.1, -0.05) is 0 Å². The number of carbonyl (C=O) groups excluding carboxylic acids is 1. The average Bonchev–Trinajstić information content (AvgIpc) is 3.07. The molecular weight excluding hydrogens is 469 g/mol. The maximum absolute atomic E-state index is 12.2. The number of halogens is 1. The van der Waals surface area contributed by atoms with Crippen molar-refractivity contribution >= 4 is 41.5 Å². The van der Waals surface area contributed by atoms with E-state index in [0.29, 0.717) is 12.5 Å². The molecule has 158 valence electrons. The lowest BCUT2D eigenvalue weighted by Crippen LogP contribution is -2.43. The van der Waals surface area contributed by atoms with Gasteiger partial charge in [0.2, 0.25) is 5.91 Å². The zero-order valence-corrected chi connectivity index (χ0v) is 19.7. The van der Waals surface area contributed by atoms with E-state index in [1.165, 1.54) is 0 Å². The summed E-state index contributed by atoms with van der Waals surface area (Å²) in [6.45, 7) is 6.47. The van der Waals surface area contributed by atoms with Gasteiger partial charge in [0.25, 0.3) is 0 Å². The van der Waals surface area contributed by atoms with Crippen molar-refractivity contribution in [3.63, 3.8) is 0 Å². The minimum Gasteiger partial charge on any atom is -0.491 e. The van der Waals surface area contributed by atoms with Crippen molar-refractivity contribution in [1.29, 1.82) is 0 Å². The summed E-state index contributed by atoms with van der Waals surface area (Å²) in [4.78, 5) is 20.5. The quantitative estimate of drug-likeness (QED) is 0.247. The predicted molar refractivity (Wildman–Crippen MR) is 126 cm³/mol. The molecule has 28 heavy (non-hydrogen) atoms. The molecule has 0 spiro atoms. The van der Waals surface area contributed by atoms with E-state index in [4.69, 9.17) is 10.5 Å². The zero-order valence-electron chi connectivity index (χ0n) is 17.4. The maximum Gasteiger partial charge on any atom is 0.239 e. The standard InChI is InChI=1S/C20H33N5O2.HI/c1-15(2)27-17-10-8-16(9-11-17)23-20(21)22-12-6-14-25-13-5-7-18(25)19(26)24(3)4;/h8-11,15,18H,5-7,12-14H2,1-4H3,(H3,21,22,23);1H. The van der Waals surface area contributed by atoms with Crippen LogP contribution in [0.5, 0.6) is 5.75 Å². The van der Waals surface area contributed by atoms with Crippen LogP contribution >= 0.6 is 24.0 Å². The SMILES string of the molecule is CC(C)Oc1ccc(NC(N)=NCCCN2CCCC2C(=O)N(C)C)cc1.I. The highest BCUT2D eigenvalue weighted by atomic mass is 127. The van der Waals surface area contributed by atoms with Gasteiger partial charge in [0, 0.05) is 32.9 Å². The molecule has 1 aromatic carbocycles. The van der Waals surface area contributed by atoms with Gasteiger partial charge in [0.15, 0.2) is 5.96 Å². The van der Waals surface area contributed by atoms with Crippen LogP contribution in [0.4, 0.5) is 5.69 Å². The average molecular weight is 503 g/mol. The third kappa shape index (κ3) is 7.83. The van der Waals surface area contributed by atoms with E-state index >= 15 is 0 Å². The van der Waals surface area contributed by atoms with Gasteiger partial charge in [0.1, 0.15) is 5.75 Å². The number of amides is 1. The Kier molecular flexibility index (Phi) is 10.6. The number of ether oxygens (including phenoxy) is 1. The van der Waals surface area contributed by atoms with Crippen LogP contribution in [0.25, 0.3) is 0 Å². The summed E-state index contributed by atoms with van der Waals surface area (Å²) >= 11 is 0. The molecule has 1 aliphatic heterocycles. The van der Waals surface area contributed by atoms with Crippen LogP contribution in [0.15, 0.2) is 29.3 Å². The molecule has 1 aromatic rings. The van der Waals surface area contributed by atoms with E-state index in [9.17, 15) is 4.79 Å². The number of nitrogens with zero attached hydrogens (tertiary/aromatic N) is 3. The minimum atomic E-state index is 0. The molecular formula is C20H34IN5O2. The smallest absolute Gasteiger partial charge is 0.239 e. The predicted octanol–water partition coefficient (Wildman–Crippen LogP) is 2.76. The third-order valence-corrected chi connectivity index (χ3v) is 4.47. The molecule has 0 aromatic heterocycles. The summed E-state index contributed by atoms with van der Waals surface area (Å²) < 4.78 is 5.62. The number of likely N-dealkylation sites (tertiary alicyclic amines) is 1. The van der Waals surface area contributed by atoms with Crippen molar-refractivity contribution in [3.8, 4) is 5.75 Å². The molecule has 8 heteroatoms. The van der Waals surface area contributed by atoms with Crippen LogP contribution in [0.1, 0.15) is 33.1 Å². The summed E-state index contributed by atoms with van der Waals surface area (Å²) in [5, 5.41) is 3.09. The van der Waals surface area contributed by atoms with Gasteiger partial charge in [-0.25, -0.2) is 0 Å². The zero-order chi connectivity index (χ0) is 19.8. The molecule has 1 saturated heterocycles. The molecule has 1 fully saturated rings. The molecule has 0 saturated carbocycles. The summed E-state index contributed by atoms with van der Waals surface area (Å²) in [5.41, 5.74) is 6.85. The summed E-state index contributed by atoms with van der Waals surface area (Å²) in [6, 6.07) is 7.67. The maximum atomic E-state index is 12.2. The molecule has 0 aliphatic carbocycles. The van der Waals surface area contributed by atoms with Crippen molar-refractivity contribution in [2.24, 2.45) is 10.7 Å². The first-order chi connectivity index (χ1) is 12.9. The van der Waals surface area contributed by atoms with E-state index in [1.807, 2.05) is 52.2 Å². The Bertz CT molecular complexity index is 634. The van der Waals surface area contributed by atoms with E-state index in [2.05, 4.69) is 15.2 Å². The number of hydrogen-bond donors (Lipinski definition) is 2. The molecule has 1 atom stereocenters. The van der Waals surface area contributed by atoms with Crippen LogP contribution in [0.3, 0.4) is 0 Å². The van der Waals surface area contributed by atoms with Crippen LogP contribution in [0, 0.1) is 0 Å². The van der Waals surface area contributed by atoms with Crippen LogP contribution in [-0.4, -0.2) is 67.5 Å². The van der Waals surface area contributed by atoms with Crippen LogP contribution < -0.4 is 15.8 Å². The number of benzene rings is 1. The largest absolute Gasteiger partial charge is 0.491 e. The number of nitrogens with two attached hydrogens (primary N) is 1. The molecule has 3 N–H and O–H groups in total. The van der Waals surface area contributed by atoms with Gasteiger partial charge in [-0.3, -0.25) is 14.7 Å². The van der Waals surface area contributed by atoms with Crippen molar-refractivity contribution in [1.82, 2.24) is 9.80 Å². The second-order valence-electron chi connectivity index (χ2n) is 7.36. The van der Waals surface area contributed by atoms with E-state index in [0.717, 1.165) is 43.8 Å². The van der Waals surface area contributed by atoms with Crippen molar-refractivity contribution < 1.29 is 9.53 Å². The topological polar surface area (TPSA) is 83.2 Å². The number of rotatable bonds is 8. The van der Waals surface area contributed by atoms with E-state index in [-0.39, 0.29) is 42.0 Å². The molecule has 1 heterocycles. The molecule has 7 nitrogen and oxygen atoms in total. The second-order valence-corrected chi connectivity index (χ2v) is 7.36. The fourth-order valence-electron chi connectivity index (χ4n) is 3.22. The van der Waals surface area contributed by atoms with Crippen molar-refractivity contribution in [2.75, 3.05) is 39.0 Å². The van der Waals surface area contributed by atoms with E-state index in [1.54, 1.807) is 4.90 Å². The van der Waals surface area contributed by atoms with Crippen molar-refractivity contribution in [3.05, 3.63) is 24.3 Å². The van der Waals surface area contributed by atoms with Gasteiger partial charge < -0.3 is 20.7 Å². The Hall–Kier alpha value is -1.55. The van der Waals surface area contributed by atoms with E-state index < -0.39 is 0 Å². The van der Waals surface area contributed by atoms with Crippen LogP contribution in [-0.2, 0) is 4.79 Å². The number of aliphatic imine (C=N–C) groups is 1. The Balaban J connectivity index is 0.00000392. The van der Waals surface area contributed by atoms with Gasteiger partial charge in [-0.15, -0.1) is 24.0 Å². The molecule has 2 rings (SSSR count). The first-order valence-electron chi connectivity index (χ1n) is 9.65. The summed E-state index contributed by atoms with van der Waals surface area (Å²) in [7, 11) is 3.63. The first kappa shape index (κ1) is 24.5. The molecule has 0 radical (unpaired) electrons. The monoisotopic (exact) mass is 503 g/mol. The Morgan fingerprint density at radius 2 is 2.04 bits per heavy atom. The fraction of sp³-hybridized carbons (Fsp3) is 0.600. The summed E-state index contributed by atoms with van der Waals surface area (Å²) in [6.07, 6.45) is 3.05. The van der Waals surface area contributed by atoms with Gasteiger partial charge in [0.05, 0.1) is 12.1 Å². The molecule has 1 aliphatic rings.